The molecule has 0 radical (unpaired) electrons. The van der Waals surface area contributed by atoms with E-state index in [1.54, 1.807) is 6.33 Å². The van der Waals surface area contributed by atoms with E-state index in [1.165, 1.54) is 0 Å². The summed E-state index contributed by atoms with van der Waals surface area (Å²) >= 11 is 0. The van der Waals surface area contributed by atoms with Crippen molar-refractivity contribution in [2.24, 2.45) is 0 Å². The number of H-pyrrole nitrogens is 1. The predicted octanol–water partition coefficient (Wildman–Crippen LogP) is 1.39. The fourth-order valence-corrected chi connectivity index (χ4v) is 1.15. The average Bonchev–Trinajstić information content (AvgIpc) is 2.69. The molecular formula is C9H16N6. The number of anilines is 2. The van der Waals surface area contributed by atoms with Crippen molar-refractivity contribution in [3.8, 4) is 0 Å². The minimum absolute atomic E-state index is 0.232. The molecule has 4 N–H and O–H groups in total. The zero-order valence-electron chi connectivity index (χ0n) is 9.20. The molecule has 0 bridgehead atoms. The Kier molecular flexibility index (Phi) is 3.84. The number of aromatic amines is 1. The van der Waals surface area contributed by atoms with Crippen molar-refractivity contribution < 1.29 is 0 Å². The zero-order chi connectivity index (χ0) is 11.3. The van der Waals surface area contributed by atoms with Crippen LogP contribution in [-0.2, 0) is 0 Å². The van der Waals surface area contributed by atoms with Gasteiger partial charge in [-0.25, -0.2) is 4.98 Å². The standard InChI is InChI=1S/C7H10N6.C2H6/c1-2-9-5-4-6(11-3-10-4)13-7(8)12-5;1-2/h3H,2H2,1H3,(H4,8,9,10,11,12,13);1-2H3. The smallest absolute Gasteiger partial charge is 0.224 e. The molecule has 0 saturated heterocycles. The highest BCUT2D eigenvalue weighted by atomic mass is 15.1. The van der Waals surface area contributed by atoms with Gasteiger partial charge < -0.3 is 16.0 Å². The van der Waals surface area contributed by atoms with Crippen LogP contribution in [-0.4, -0.2) is 26.5 Å². The lowest BCUT2D eigenvalue weighted by molar-refractivity contribution is 1.14. The van der Waals surface area contributed by atoms with E-state index < -0.39 is 0 Å². The van der Waals surface area contributed by atoms with Crippen molar-refractivity contribution in [1.82, 2.24) is 19.9 Å². The lowest BCUT2D eigenvalue weighted by Gasteiger charge is -2.02. The number of nitrogens with zero attached hydrogens (tertiary/aromatic N) is 3. The summed E-state index contributed by atoms with van der Waals surface area (Å²) in [6.07, 6.45) is 1.57. The SMILES string of the molecule is CC.CCNc1nc(N)nc2nc[nH]c12. The molecule has 82 valence electrons. The summed E-state index contributed by atoms with van der Waals surface area (Å²) in [6, 6.07) is 0. The summed E-state index contributed by atoms with van der Waals surface area (Å²) in [7, 11) is 0. The van der Waals surface area contributed by atoms with Gasteiger partial charge in [0.1, 0.15) is 5.52 Å². The Hall–Kier alpha value is -1.85. The van der Waals surface area contributed by atoms with Crippen LogP contribution in [0.5, 0.6) is 0 Å². The van der Waals surface area contributed by atoms with Crippen LogP contribution in [0.3, 0.4) is 0 Å². The molecule has 0 spiro atoms. The van der Waals surface area contributed by atoms with E-state index in [-0.39, 0.29) is 5.95 Å². The minimum atomic E-state index is 0.232. The highest BCUT2D eigenvalue weighted by Gasteiger charge is 2.06. The zero-order valence-corrected chi connectivity index (χ0v) is 9.20. The topological polar surface area (TPSA) is 92.5 Å². The van der Waals surface area contributed by atoms with Gasteiger partial charge in [-0.15, -0.1) is 0 Å². The van der Waals surface area contributed by atoms with Crippen LogP contribution in [0.15, 0.2) is 6.33 Å². The van der Waals surface area contributed by atoms with Gasteiger partial charge >= 0.3 is 0 Å². The molecule has 2 rings (SSSR count). The Labute approximate surface area is 88.3 Å². The van der Waals surface area contributed by atoms with Gasteiger partial charge in [0.25, 0.3) is 0 Å². The van der Waals surface area contributed by atoms with Crippen molar-refractivity contribution in [2.75, 3.05) is 17.6 Å². The second-order valence-corrected chi connectivity index (χ2v) is 2.56. The van der Waals surface area contributed by atoms with Crippen LogP contribution in [0, 0.1) is 0 Å². The molecule has 2 aromatic heterocycles. The summed E-state index contributed by atoms with van der Waals surface area (Å²) in [4.78, 5) is 15.0. The number of fused-ring (bicyclic) bond motifs is 1. The second-order valence-electron chi connectivity index (χ2n) is 2.56. The molecule has 6 nitrogen and oxygen atoms in total. The summed E-state index contributed by atoms with van der Waals surface area (Å²) < 4.78 is 0. The minimum Gasteiger partial charge on any atom is -0.368 e. The molecule has 0 aliphatic carbocycles. The van der Waals surface area contributed by atoms with Crippen molar-refractivity contribution >= 4 is 22.9 Å². The van der Waals surface area contributed by atoms with Crippen LogP contribution in [0.1, 0.15) is 20.8 Å². The quantitative estimate of drug-likeness (QED) is 0.693. The Morgan fingerprint density at radius 1 is 1.40 bits per heavy atom. The molecule has 6 heteroatoms. The van der Waals surface area contributed by atoms with E-state index in [4.69, 9.17) is 5.73 Å². The molecule has 0 aliphatic heterocycles. The van der Waals surface area contributed by atoms with Crippen molar-refractivity contribution in [3.63, 3.8) is 0 Å². The fourth-order valence-electron chi connectivity index (χ4n) is 1.15. The van der Waals surface area contributed by atoms with Crippen LogP contribution in [0.25, 0.3) is 11.2 Å². The average molecular weight is 208 g/mol. The first-order valence-electron chi connectivity index (χ1n) is 5.01. The van der Waals surface area contributed by atoms with E-state index in [9.17, 15) is 0 Å². The third kappa shape index (κ3) is 2.34. The molecule has 2 heterocycles. The predicted molar refractivity (Wildman–Crippen MR) is 61.6 cm³/mol. The van der Waals surface area contributed by atoms with E-state index >= 15 is 0 Å². The van der Waals surface area contributed by atoms with Gasteiger partial charge in [0.2, 0.25) is 5.95 Å². The number of aromatic nitrogens is 4. The molecule has 0 atom stereocenters. The van der Waals surface area contributed by atoms with Gasteiger partial charge in [0.15, 0.2) is 11.5 Å². The lowest BCUT2D eigenvalue weighted by Crippen LogP contribution is -2.04. The molecule has 0 amide bonds. The van der Waals surface area contributed by atoms with Crippen molar-refractivity contribution in [1.29, 1.82) is 0 Å². The maximum Gasteiger partial charge on any atom is 0.224 e. The monoisotopic (exact) mass is 208 g/mol. The third-order valence-corrected chi connectivity index (χ3v) is 1.65. The summed E-state index contributed by atoms with van der Waals surface area (Å²) in [6.45, 7) is 6.77. The second kappa shape index (κ2) is 5.14. The Bertz CT molecular complexity index is 421. The number of hydrogen-bond acceptors (Lipinski definition) is 5. The lowest BCUT2D eigenvalue weighted by atomic mass is 10.5. The number of nitrogens with one attached hydrogen (secondary N) is 2. The normalized spacial score (nSPS) is 9.53. The Morgan fingerprint density at radius 3 is 2.80 bits per heavy atom. The van der Waals surface area contributed by atoms with Crippen LogP contribution in [0.2, 0.25) is 0 Å². The summed E-state index contributed by atoms with van der Waals surface area (Å²) in [5.41, 5.74) is 6.87. The molecule has 0 aliphatic rings. The van der Waals surface area contributed by atoms with Crippen molar-refractivity contribution in [3.05, 3.63) is 6.33 Å². The fraction of sp³-hybridized carbons (Fsp3) is 0.444. The largest absolute Gasteiger partial charge is 0.368 e. The van der Waals surface area contributed by atoms with Crippen LogP contribution in [0.4, 0.5) is 11.8 Å². The first-order valence-corrected chi connectivity index (χ1v) is 5.01. The third-order valence-electron chi connectivity index (χ3n) is 1.65. The van der Waals surface area contributed by atoms with E-state index in [1.807, 2.05) is 20.8 Å². The molecule has 0 fully saturated rings. The maximum absolute atomic E-state index is 5.50. The van der Waals surface area contributed by atoms with Gasteiger partial charge in [-0.05, 0) is 6.92 Å². The molecule has 2 aromatic rings. The summed E-state index contributed by atoms with van der Waals surface area (Å²) in [5.74, 6) is 0.929. The van der Waals surface area contributed by atoms with E-state index in [0.717, 1.165) is 12.1 Å². The summed E-state index contributed by atoms with van der Waals surface area (Å²) in [5, 5.41) is 3.08. The molecular weight excluding hydrogens is 192 g/mol. The Morgan fingerprint density at radius 2 is 2.13 bits per heavy atom. The number of imidazole rings is 1. The molecule has 15 heavy (non-hydrogen) atoms. The highest BCUT2D eigenvalue weighted by Crippen LogP contribution is 2.16. The van der Waals surface area contributed by atoms with Crippen molar-refractivity contribution in [2.45, 2.75) is 20.8 Å². The van der Waals surface area contributed by atoms with Crippen LogP contribution >= 0.6 is 0 Å². The van der Waals surface area contributed by atoms with Gasteiger partial charge in [-0.1, -0.05) is 13.8 Å². The van der Waals surface area contributed by atoms with Gasteiger partial charge in [0, 0.05) is 6.54 Å². The first kappa shape index (κ1) is 11.2. The number of rotatable bonds is 2. The van der Waals surface area contributed by atoms with Gasteiger partial charge in [-0.3, -0.25) is 0 Å². The Balaban J connectivity index is 0.000000531. The van der Waals surface area contributed by atoms with Gasteiger partial charge in [0.05, 0.1) is 6.33 Å². The molecule has 0 aromatic carbocycles. The van der Waals surface area contributed by atoms with Crippen LogP contribution < -0.4 is 11.1 Å². The number of hydrogen-bond donors (Lipinski definition) is 3. The van der Waals surface area contributed by atoms with E-state index in [2.05, 4.69) is 25.3 Å². The number of nitrogens with two attached hydrogens (primary N) is 1. The van der Waals surface area contributed by atoms with Gasteiger partial charge in [-0.2, -0.15) is 9.97 Å². The highest BCUT2D eigenvalue weighted by molar-refractivity contribution is 5.83. The number of nitrogen functional groups attached to an aromatic ring is 1. The van der Waals surface area contributed by atoms with E-state index in [0.29, 0.717) is 11.5 Å². The first-order chi connectivity index (χ1) is 7.31. The molecule has 0 unspecified atom stereocenters. The maximum atomic E-state index is 5.50. The molecule has 0 saturated carbocycles.